The molecule has 1 saturated heterocycles. The molecule has 1 aromatic carbocycles. The summed E-state index contributed by atoms with van der Waals surface area (Å²) in [6, 6.07) is 6.88. The van der Waals surface area contributed by atoms with Crippen LogP contribution < -0.4 is 0 Å². The monoisotopic (exact) mass is 420 g/mol. The zero-order valence-electron chi connectivity index (χ0n) is 15.9. The molecule has 0 saturated carbocycles. The van der Waals surface area contributed by atoms with Crippen LogP contribution in [0.3, 0.4) is 0 Å². The Morgan fingerprint density at radius 2 is 1.86 bits per heavy atom. The molecule has 9 heteroatoms. The van der Waals surface area contributed by atoms with Gasteiger partial charge in [0, 0.05) is 30.8 Å². The van der Waals surface area contributed by atoms with Gasteiger partial charge in [0.1, 0.15) is 5.76 Å². The lowest BCUT2D eigenvalue weighted by molar-refractivity contribution is -0.384. The average molecular weight is 421 g/mol. The first-order chi connectivity index (χ1) is 13.9. The second-order valence-electron chi connectivity index (χ2n) is 6.87. The highest BCUT2D eigenvalue weighted by Crippen LogP contribution is 2.32. The molecular formula is C20H21ClN2O6. The third-order valence-electron chi connectivity index (χ3n) is 4.79. The fourth-order valence-electron chi connectivity index (χ4n) is 3.23. The maximum Gasteiger partial charge on any atom is 0.375 e. The summed E-state index contributed by atoms with van der Waals surface area (Å²) in [5.41, 5.74) is 0.260. The van der Waals surface area contributed by atoms with Crippen LogP contribution in [0.15, 0.2) is 34.7 Å². The van der Waals surface area contributed by atoms with E-state index in [1.807, 2.05) is 0 Å². The molecule has 8 nitrogen and oxygen atoms in total. The van der Waals surface area contributed by atoms with Crippen molar-refractivity contribution < 1.29 is 23.7 Å². The van der Waals surface area contributed by atoms with E-state index in [9.17, 15) is 19.7 Å². The molecule has 2 aromatic rings. The normalized spacial score (nSPS) is 15.4. The third-order valence-corrected chi connectivity index (χ3v) is 5.10. The Morgan fingerprint density at radius 1 is 1.17 bits per heavy atom. The molecule has 0 aliphatic carbocycles. The van der Waals surface area contributed by atoms with E-state index in [1.165, 1.54) is 30.3 Å². The van der Waals surface area contributed by atoms with E-state index in [2.05, 4.69) is 0 Å². The van der Waals surface area contributed by atoms with Crippen molar-refractivity contribution in [1.29, 1.82) is 0 Å². The Kier molecular flexibility index (Phi) is 6.53. The molecule has 1 fully saturated rings. The predicted octanol–water partition coefficient (Wildman–Crippen LogP) is 4.46. The predicted molar refractivity (Wildman–Crippen MR) is 106 cm³/mol. The number of ether oxygens (including phenoxy) is 1. The average Bonchev–Trinajstić information content (AvgIpc) is 3.02. The molecule has 0 bridgehead atoms. The number of likely N-dealkylation sites (tertiary alicyclic amines) is 1. The number of non-ortho nitro benzene ring substituents is 1. The lowest BCUT2D eigenvalue weighted by Crippen LogP contribution is -2.40. The number of amides is 1. The molecule has 3 rings (SSSR count). The maximum atomic E-state index is 12.5. The van der Waals surface area contributed by atoms with Crippen LogP contribution in [0.1, 0.15) is 43.2 Å². The molecule has 2 heterocycles. The molecule has 0 N–H and O–H groups in total. The second-order valence-corrected chi connectivity index (χ2v) is 7.28. The zero-order valence-corrected chi connectivity index (χ0v) is 16.7. The van der Waals surface area contributed by atoms with Crippen molar-refractivity contribution in [1.82, 2.24) is 4.90 Å². The largest absolute Gasteiger partial charge is 0.449 e. The number of hydrogen-bond acceptors (Lipinski definition) is 6. The number of rotatable bonds is 5. The molecule has 1 aliphatic rings. The van der Waals surface area contributed by atoms with Crippen LogP contribution >= 0.6 is 11.6 Å². The number of benzene rings is 1. The number of nitro groups is 1. The van der Waals surface area contributed by atoms with Crippen molar-refractivity contribution in [2.75, 3.05) is 13.1 Å². The quantitative estimate of drug-likeness (QED) is 0.402. The second kappa shape index (κ2) is 9.09. The Labute approximate surface area is 172 Å². The van der Waals surface area contributed by atoms with Gasteiger partial charge < -0.3 is 14.1 Å². The van der Waals surface area contributed by atoms with Crippen LogP contribution in [-0.2, 0) is 9.53 Å². The molecule has 29 heavy (non-hydrogen) atoms. The van der Waals surface area contributed by atoms with E-state index in [4.69, 9.17) is 20.8 Å². The summed E-state index contributed by atoms with van der Waals surface area (Å²) in [6.07, 6.45) is 3.17. The fraction of sp³-hybridized carbons (Fsp3) is 0.400. The van der Waals surface area contributed by atoms with Gasteiger partial charge in [-0.15, -0.1) is 0 Å². The summed E-state index contributed by atoms with van der Waals surface area (Å²) >= 11 is 6.09. The molecule has 154 valence electrons. The highest BCUT2D eigenvalue weighted by Gasteiger charge is 2.26. The SMILES string of the molecule is C[C@H](OC(=O)c1ccc(-c2ccc([N+](=O)[O-])cc2Cl)o1)C(=O)N1CCCCCC1. The maximum absolute atomic E-state index is 12.5. The van der Waals surface area contributed by atoms with Crippen molar-refractivity contribution in [2.24, 2.45) is 0 Å². The summed E-state index contributed by atoms with van der Waals surface area (Å²) in [4.78, 5) is 36.9. The molecular weight excluding hydrogens is 400 g/mol. The van der Waals surface area contributed by atoms with Crippen molar-refractivity contribution in [3.8, 4) is 11.3 Å². The van der Waals surface area contributed by atoms with Gasteiger partial charge in [-0.3, -0.25) is 14.9 Å². The zero-order chi connectivity index (χ0) is 21.0. The van der Waals surface area contributed by atoms with Crippen LogP contribution in [0, 0.1) is 10.1 Å². The number of halogens is 1. The summed E-state index contributed by atoms with van der Waals surface area (Å²) in [6.45, 7) is 2.89. The van der Waals surface area contributed by atoms with Crippen LogP contribution in [0.25, 0.3) is 11.3 Å². The van der Waals surface area contributed by atoms with Crippen LogP contribution in [0.4, 0.5) is 5.69 Å². The standard InChI is InChI=1S/C20H21ClN2O6/c1-13(19(24)22-10-4-2-3-5-11-22)28-20(25)18-9-8-17(29-18)15-7-6-14(23(26)27)12-16(15)21/h6-9,12-13H,2-5,10-11H2,1H3/t13-/m0/s1. The van der Waals surface area contributed by atoms with Gasteiger partial charge >= 0.3 is 5.97 Å². The lowest BCUT2D eigenvalue weighted by atomic mass is 10.1. The number of furan rings is 1. The van der Waals surface area contributed by atoms with Crippen molar-refractivity contribution >= 4 is 29.2 Å². The highest BCUT2D eigenvalue weighted by atomic mass is 35.5. The first-order valence-electron chi connectivity index (χ1n) is 9.40. The van der Waals surface area contributed by atoms with E-state index in [1.54, 1.807) is 11.8 Å². The molecule has 1 atom stereocenters. The molecule has 0 spiro atoms. The van der Waals surface area contributed by atoms with Crippen molar-refractivity contribution in [3.63, 3.8) is 0 Å². The summed E-state index contributed by atoms with van der Waals surface area (Å²) in [7, 11) is 0. The smallest absolute Gasteiger partial charge is 0.375 e. The van der Waals surface area contributed by atoms with Gasteiger partial charge in [-0.25, -0.2) is 4.79 Å². The molecule has 1 aliphatic heterocycles. The minimum Gasteiger partial charge on any atom is -0.449 e. The summed E-state index contributed by atoms with van der Waals surface area (Å²) in [5, 5.41) is 10.9. The first kappa shape index (κ1) is 20.9. The minimum absolute atomic E-state index is 0.0788. The van der Waals surface area contributed by atoms with Gasteiger partial charge in [0.25, 0.3) is 11.6 Å². The van der Waals surface area contributed by atoms with E-state index < -0.39 is 17.0 Å². The topological polar surface area (TPSA) is 103 Å². The van der Waals surface area contributed by atoms with Gasteiger partial charge in [0.2, 0.25) is 5.76 Å². The van der Waals surface area contributed by atoms with Gasteiger partial charge in [-0.05, 0) is 38.0 Å². The first-order valence-corrected chi connectivity index (χ1v) is 9.78. The fourth-order valence-corrected chi connectivity index (χ4v) is 3.49. The number of nitro benzene ring substituents is 1. The Hall–Kier alpha value is -2.87. The Bertz CT molecular complexity index is 917. The van der Waals surface area contributed by atoms with E-state index >= 15 is 0 Å². The van der Waals surface area contributed by atoms with Crippen LogP contribution in [0.5, 0.6) is 0 Å². The van der Waals surface area contributed by atoms with Crippen molar-refractivity contribution in [3.05, 3.63) is 51.2 Å². The van der Waals surface area contributed by atoms with Gasteiger partial charge in [0.15, 0.2) is 6.10 Å². The van der Waals surface area contributed by atoms with Gasteiger partial charge in [0.05, 0.1) is 9.95 Å². The van der Waals surface area contributed by atoms with Crippen LogP contribution in [0.2, 0.25) is 5.02 Å². The Morgan fingerprint density at radius 3 is 2.48 bits per heavy atom. The van der Waals surface area contributed by atoms with Crippen LogP contribution in [-0.4, -0.2) is 40.9 Å². The number of esters is 1. The highest BCUT2D eigenvalue weighted by molar-refractivity contribution is 6.33. The number of nitrogens with zero attached hydrogens (tertiary/aromatic N) is 2. The summed E-state index contributed by atoms with van der Waals surface area (Å²) < 4.78 is 10.8. The lowest BCUT2D eigenvalue weighted by Gasteiger charge is -2.23. The van der Waals surface area contributed by atoms with E-state index in [-0.39, 0.29) is 28.1 Å². The number of hydrogen-bond donors (Lipinski definition) is 0. The molecule has 0 unspecified atom stereocenters. The molecule has 1 aromatic heterocycles. The number of carbonyl (C=O) groups excluding carboxylic acids is 2. The molecule has 1 amide bonds. The third kappa shape index (κ3) is 4.95. The number of carbonyl (C=O) groups is 2. The van der Waals surface area contributed by atoms with E-state index in [0.717, 1.165) is 25.7 Å². The van der Waals surface area contributed by atoms with Gasteiger partial charge in [-0.1, -0.05) is 24.4 Å². The van der Waals surface area contributed by atoms with Gasteiger partial charge in [-0.2, -0.15) is 0 Å². The molecule has 0 radical (unpaired) electrons. The Balaban J connectivity index is 1.67. The summed E-state index contributed by atoms with van der Waals surface area (Å²) in [5.74, 6) is -0.788. The van der Waals surface area contributed by atoms with Crippen molar-refractivity contribution in [2.45, 2.75) is 38.7 Å². The minimum atomic E-state index is -0.919. The van der Waals surface area contributed by atoms with E-state index in [0.29, 0.717) is 18.7 Å².